The summed E-state index contributed by atoms with van der Waals surface area (Å²) in [5.41, 5.74) is 7.59. The van der Waals surface area contributed by atoms with E-state index in [1.165, 1.54) is 0 Å². The van der Waals surface area contributed by atoms with Crippen molar-refractivity contribution in [3.63, 3.8) is 0 Å². The van der Waals surface area contributed by atoms with Gasteiger partial charge in [0.15, 0.2) is 6.17 Å². The molecule has 7 heteroatoms. The number of nitrogens with one attached hydrogen (secondary N) is 1. The zero-order chi connectivity index (χ0) is 23.4. The molecule has 3 aliphatic rings. The molecule has 3 N–H and O–H groups in total. The maximum Gasteiger partial charge on any atom is 0.264 e. The SMILES string of the molecule is Cc1cccc(C(=O)N2CCCN(C(=O)C3CCCCC3)C2C(=O)NC2CCC(N)CC2)c1. The normalized spacial score (nSPS) is 26.7. The molecule has 4 rings (SSSR count). The van der Waals surface area contributed by atoms with E-state index in [1.54, 1.807) is 15.9 Å². The zero-order valence-corrected chi connectivity index (χ0v) is 19.8. The van der Waals surface area contributed by atoms with Crippen LogP contribution in [0.2, 0.25) is 0 Å². The summed E-state index contributed by atoms with van der Waals surface area (Å²) in [5, 5.41) is 3.16. The van der Waals surface area contributed by atoms with E-state index in [2.05, 4.69) is 5.32 Å². The number of carbonyl (C=O) groups excluding carboxylic acids is 3. The molecular formula is C26H38N4O3. The van der Waals surface area contributed by atoms with E-state index in [-0.39, 0.29) is 35.7 Å². The number of carbonyl (C=O) groups is 3. The van der Waals surface area contributed by atoms with Gasteiger partial charge in [-0.1, -0.05) is 37.0 Å². The molecule has 33 heavy (non-hydrogen) atoms. The number of nitrogens with two attached hydrogens (primary N) is 1. The number of nitrogens with zero attached hydrogens (tertiary/aromatic N) is 2. The van der Waals surface area contributed by atoms with Crippen LogP contribution in [0.3, 0.4) is 0 Å². The van der Waals surface area contributed by atoms with Gasteiger partial charge in [-0.15, -0.1) is 0 Å². The summed E-state index contributed by atoms with van der Waals surface area (Å²) in [4.78, 5) is 44.0. The van der Waals surface area contributed by atoms with Gasteiger partial charge in [-0.05, 0) is 64.0 Å². The van der Waals surface area contributed by atoms with Crippen molar-refractivity contribution in [3.05, 3.63) is 35.4 Å². The third kappa shape index (κ3) is 5.57. The lowest BCUT2D eigenvalue weighted by molar-refractivity contribution is -0.153. The standard InChI is InChI=1S/C26H38N4O3/c1-18-7-5-10-20(17-18)26(33)30-16-6-15-29(25(32)19-8-3-2-4-9-19)24(30)23(31)28-22-13-11-21(27)12-14-22/h5,7,10,17,19,21-22,24H,2-4,6,8-9,11-16,27H2,1H3,(H,28,31). The van der Waals surface area contributed by atoms with E-state index in [1.807, 2.05) is 25.1 Å². The maximum absolute atomic E-state index is 13.6. The summed E-state index contributed by atoms with van der Waals surface area (Å²) in [6, 6.07) is 7.68. The molecule has 1 atom stereocenters. The van der Waals surface area contributed by atoms with Gasteiger partial charge in [0.1, 0.15) is 0 Å². The fraction of sp³-hybridized carbons (Fsp3) is 0.654. The summed E-state index contributed by atoms with van der Waals surface area (Å²) >= 11 is 0. The van der Waals surface area contributed by atoms with Crippen LogP contribution in [0.5, 0.6) is 0 Å². The second kappa shape index (κ2) is 10.7. The molecule has 1 unspecified atom stereocenters. The van der Waals surface area contributed by atoms with E-state index in [0.29, 0.717) is 25.1 Å². The Bertz CT molecular complexity index is 859. The minimum atomic E-state index is -0.892. The van der Waals surface area contributed by atoms with E-state index >= 15 is 0 Å². The van der Waals surface area contributed by atoms with Crippen molar-refractivity contribution in [1.82, 2.24) is 15.1 Å². The second-order valence-corrected chi connectivity index (χ2v) is 10.1. The van der Waals surface area contributed by atoms with Crippen molar-refractivity contribution in [2.24, 2.45) is 11.7 Å². The Kier molecular flexibility index (Phi) is 7.68. The highest BCUT2D eigenvalue weighted by Crippen LogP contribution is 2.29. The van der Waals surface area contributed by atoms with Crippen LogP contribution in [0, 0.1) is 12.8 Å². The van der Waals surface area contributed by atoms with Crippen LogP contribution in [-0.2, 0) is 9.59 Å². The highest BCUT2D eigenvalue weighted by Gasteiger charge is 2.43. The van der Waals surface area contributed by atoms with Gasteiger partial charge >= 0.3 is 0 Å². The van der Waals surface area contributed by atoms with Crippen molar-refractivity contribution in [2.75, 3.05) is 13.1 Å². The molecule has 180 valence electrons. The van der Waals surface area contributed by atoms with Gasteiger partial charge in [-0.2, -0.15) is 0 Å². The van der Waals surface area contributed by atoms with Gasteiger partial charge in [-0.25, -0.2) is 0 Å². The van der Waals surface area contributed by atoms with Crippen molar-refractivity contribution < 1.29 is 14.4 Å². The quantitative estimate of drug-likeness (QED) is 0.731. The second-order valence-electron chi connectivity index (χ2n) is 10.1. The molecule has 1 heterocycles. The molecule has 1 saturated heterocycles. The summed E-state index contributed by atoms with van der Waals surface area (Å²) in [6.07, 6.45) is 8.23. The third-order valence-electron chi connectivity index (χ3n) is 7.50. The molecule has 1 aromatic rings. The Balaban J connectivity index is 1.58. The van der Waals surface area contributed by atoms with E-state index in [9.17, 15) is 14.4 Å². The van der Waals surface area contributed by atoms with E-state index < -0.39 is 6.17 Å². The van der Waals surface area contributed by atoms with Crippen molar-refractivity contribution in [2.45, 2.75) is 89.4 Å². The van der Waals surface area contributed by atoms with Crippen LogP contribution in [0.15, 0.2) is 24.3 Å². The average molecular weight is 455 g/mol. The summed E-state index contributed by atoms with van der Waals surface area (Å²) in [5.74, 6) is -0.441. The fourth-order valence-corrected chi connectivity index (χ4v) is 5.62. The average Bonchev–Trinajstić information content (AvgIpc) is 2.84. The highest BCUT2D eigenvalue weighted by molar-refractivity contribution is 5.99. The zero-order valence-electron chi connectivity index (χ0n) is 19.8. The van der Waals surface area contributed by atoms with Crippen LogP contribution in [0.4, 0.5) is 0 Å². The summed E-state index contributed by atoms with van der Waals surface area (Å²) < 4.78 is 0. The maximum atomic E-state index is 13.6. The predicted molar refractivity (Wildman–Crippen MR) is 127 cm³/mol. The minimum Gasteiger partial charge on any atom is -0.350 e. The predicted octanol–water partition coefficient (Wildman–Crippen LogP) is 2.96. The lowest BCUT2D eigenvalue weighted by atomic mass is 9.87. The largest absolute Gasteiger partial charge is 0.350 e. The monoisotopic (exact) mass is 454 g/mol. The van der Waals surface area contributed by atoms with Gasteiger partial charge < -0.3 is 20.9 Å². The molecule has 0 bridgehead atoms. The Hall–Kier alpha value is -2.41. The Morgan fingerprint density at radius 2 is 1.61 bits per heavy atom. The van der Waals surface area contributed by atoms with Crippen LogP contribution >= 0.6 is 0 Å². The number of hydrogen-bond acceptors (Lipinski definition) is 4. The van der Waals surface area contributed by atoms with Crippen molar-refractivity contribution >= 4 is 17.7 Å². The lowest BCUT2D eigenvalue weighted by Gasteiger charge is -2.45. The summed E-state index contributed by atoms with van der Waals surface area (Å²) in [7, 11) is 0. The number of hydrogen-bond donors (Lipinski definition) is 2. The van der Waals surface area contributed by atoms with Crippen LogP contribution in [0.25, 0.3) is 0 Å². The number of benzene rings is 1. The van der Waals surface area contributed by atoms with Crippen molar-refractivity contribution in [1.29, 1.82) is 0 Å². The molecule has 0 spiro atoms. The minimum absolute atomic E-state index is 0.0299. The van der Waals surface area contributed by atoms with E-state index in [4.69, 9.17) is 5.73 Å². The molecule has 7 nitrogen and oxygen atoms in total. The Morgan fingerprint density at radius 1 is 0.909 bits per heavy atom. The molecule has 1 aliphatic heterocycles. The van der Waals surface area contributed by atoms with Gasteiger partial charge in [0.25, 0.3) is 11.8 Å². The molecular weight excluding hydrogens is 416 g/mol. The number of aryl methyl sites for hydroxylation is 1. The smallest absolute Gasteiger partial charge is 0.264 e. The first-order valence-corrected chi connectivity index (χ1v) is 12.7. The first-order valence-electron chi connectivity index (χ1n) is 12.7. The lowest BCUT2D eigenvalue weighted by Crippen LogP contribution is -2.65. The Labute approximate surface area is 197 Å². The first-order chi connectivity index (χ1) is 15.9. The van der Waals surface area contributed by atoms with Gasteiger partial charge in [-0.3, -0.25) is 14.4 Å². The number of rotatable bonds is 4. The molecule has 2 saturated carbocycles. The van der Waals surface area contributed by atoms with Crippen LogP contribution < -0.4 is 11.1 Å². The van der Waals surface area contributed by atoms with Crippen LogP contribution in [-0.4, -0.2) is 58.9 Å². The van der Waals surface area contributed by atoms with Crippen molar-refractivity contribution in [3.8, 4) is 0 Å². The molecule has 3 amide bonds. The molecule has 3 fully saturated rings. The number of amides is 3. The molecule has 1 aromatic carbocycles. The molecule has 2 aliphatic carbocycles. The first kappa shape index (κ1) is 23.7. The highest BCUT2D eigenvalue weighted by atomic mass is 16.2. The van der Waals surface area contributed by atoms with E-state index in [0.717, 1.165) is 63.4 Å². The summed E-state index contributed by atoms with van der Waals surface area (Å²) in [6.45, 7) is 2.93. The molecule has 0 radical (unpaired) electrons. The Morgan fingerprint density at radius 3 is 2.30 bits per heavy atom. The third-order valence-corrected chi connectivity index (χ3v) is 7.50. The van der Waals surface area contributed by atoms with Gasteiger partial charge in [0.05, 0.1) is 0 Å². The van der Waals surface area contributed by atoms with Gasteiger partial charge in [0, 0.05) is 36.7 Å². The topological polar surface area (TPSA) is 95.7 Å². The van der Waals surface area contributed by atoms with Gasteiger partial charge in [0.2, 0.25) is 5.91 Å². The van der Waals surface area contributed by atoms with Crippen LogP contribution in [0.1, 0.15) is 80.1 Å². The molecule has 0 aromatic heterocycles. The fourth-order valence-electron chi connectivity index (χ4n) is 5.62.